The number of amides is 1. The Morgan fingerprint density at radius 1 is 1.22 bits per heavy atom. The van der Waals surface area contributed by atoms with Gasteiger partial charge in [0.05, 0.1) is 18.0 Å². The maximum absolute atomic E-state index is 12.4. The van der Waals surface area contributed by atoms with Crippen molar-refractivity contribution in [3.05, 3.63) is 11.6 Å². The second kappa shape index (κ2) is 8.26. The van der Waals surface area contributed by atoms with Gasteiger partial charge in [-0.05, 0) is 39.5 Å². The van der Waals surface area contributed by atoms with Gasteiger partial charge in [-0.25, -0.2) is 8.42 Å². The molecular formula is C16H28N2O4S. The lowest BCUT2D eigenvalue weighted by Gasteiger charge is -2.34. The van der Waals surface area contributed by atoms with E-state index in [2.05, 4.69) is 5.32 Å². The normalized spacial score (nSPS) is 26.8. The summed E-state index contributed by atoms with van der Waals surface area (Å²) in [5.74, 6) is -0.248. The average Bonchev–Trinajstić information content (AvgIpc) is 2.47. The Morgan fingerprint density at radius 2 is 1.83 bits per heavy atom. The van der Waals surface area contributed by atoms with E-state index in [1.54, 1.807) is 6.08 Å². The van der Waals surface area contributed by atoms with Gasteiger partial charge in [-0.1, -0.05) is 12.0 Å². The molecule has 23 heavy (non-hydrogen) atoms. The van der Waals surface area contributed by atoms with E-state index < -0.39 is 10.0 Å². The van der Waals surface area contributed by atoms with Crippen molar-refractivity contribution in [1.29, 1.82) is 0 Å². The first-order valence-electron chi connectivity index (χ1n) is 8.47. The quantitative estimate of drug-likeness (QED) is 0.766. The molecule has 1 aliphatic heterocycles. The van der Waals surface area contributed by atoms with Crippen LogP contribution in [0.3, 0.4) is 0 Å². The molecule has 2 aliphatic rings. The van der Waals surface area contributed by atoms with Crippen molar-refractivity contribution in [1.82, 2.24) is 9.62 Å². The van der Waals surface area contributed by atoms with Crippen LogP contribution >= 0.6 is 0 Å². The summed E-state index contributed by atoms with van der Waals surface area (Å²) in [6, 6.07) is 0. The average molecular weight is 344 g/mol. The Balaban J connectivity index is 1.79. The largest absolute Gasteiger partial charge is 0.373 e. The highest BCUT2D eigenvalue weighted by Crippen LogP contribution is 2.22. The molecule has 2 fully saturated rings. The second-order valence-electron chi connectivity index (χ2n) is 6.54. The van der Waals surface area contributed by atoms with Crippen LogP contribution in [-0.4, -0.2) is 56.2 Å². The fourth-order valence-electron chi connectivity index (χ4n) is 3.18. The van der Waals surface area contributed by atoms with Gasteiger partial charge in [0.1, 0.15) is 0 Å². The Hall–Kier alpha value is -0.920. The summed E-state index contributed by atoms with van der Waals surface area (Å²) in [7, 11) is -3.36. The van der Waals surface area contributed by atoms with Gasteiger partial charge in [0.25, 0.3) is 0 Å². The summed E-state index contributed by atoms with van der Waals surface area (Å²) in [6.45, 7) is 4.65. The Labute approximate surface area is 139 Å². The molecule has 132 valence electrons. The molecule has 1 saturated carbocycles. The number of ether oxygens (including phenoxy) is 1. The minimum atomic E-state index is -3.36. The van der Waals surface area contributed by atoms with Gasteiger partial charge < -0.3 is 10.1 Å². The summed E-state index contributed by atoms with van der Waals surface area (Å²) >= 11 is 0. The fraction of sp³-hybridized carbons (Fsp3) is 0.812. The maximum Gasteiger partial charge on any atom is 0.243 e. The van der Waals surface area contributed by atoms with Crippen LogP contribution in [0.2, 0.25) is 0 Å². The third-order valence-corrected chi connectivity index (χ3v) is 6.07. The lowest BCUT2D eigenvalue weighted by atomic mass is 9.95. The van der Waals surface area contributed by atoms with Gasteiger partial charge in [-0.15, -0.1) is 0 Å². The van der Waals surface area contributed by atoms with Crippen molar-refractivity contribution in [2.75, 3.05) is 25.4 Å². The topological polar surface area (TPSA) is 75.7 Å². The van der Waals surface area contributed by atoms with Crippen LogP contribution in [0.4, 0.5) is 0 Å². The SMILES string of the molecule is C[C@@H]1CN(S(=O)(=O)CCNC(=O)C=C2CCCCC2)C[C@H](C)O1. The number of rotatable bonds is 5. The lowest BCUT2D eigenvalue weighted by Crippen LogP contribution is -2.49. The molecule has 1 saturated heterocycles. The first kappa shape index (κ1) is 18.4. The molecule has 0 radical (unpaired) electrons. The second-order valence-corrected chi connectivity index (χ2v) is 8.63. The van der Waals surface area contributed by atoms with Gasteiger partial charge in [0.2, 0.25) is 15.9 Å². The zero-order valence-corrected chi connectivity index (χ0v) is 14.9. The van der Waals surface area contributed by atoms with Crippen molar-refractivity contribution in [2.24, 2.45) is 0 Å². The highest BCUT2D eigenvalue weighted by atomic mass is 32.2. The number of allylic oxidation sites excluding steroid dienone is 1. The van der Waals surface area contributed by atoms with Gasteiger partial charge in [-0.2, -0.15) is 4.31 Å². The van der Waals surface area contributed by atoms with Crippen LogP contribution in [0.5, 0.6) is 0 Å². The number of nitrogens with zero attached hydrogens (tertiary/aromatic N) is 1. The van der Waals surface area contributed by atoms with Gasteiger partial charge >= 0.3 is 0 Å². The summed E-state index contributed by atoms with van der Waals surface area (Å²) in [6.07, 6.45) is 6.92. The first-order valence-corrected chi connectivity index (χ1v) is 10.1. The van der Waals surface area contributed by atoms with E-state index in [0.717, 1.165) is 25.7 Å². The number of nitrogens with one attached hydrogen (secondary N) is 1. The van der Waals surface area contributed by atoms with E-state index >= 15 is 0 Å². The summed E-state index contributed by atoms with van der Waals surface area (Å²) < 4.78 is 31.7. The Morgan fingerprint density at radius 3 is 2.43 bits per heavy atom. The van der Waals surface area contributed by atoms with Crippen molar-refractivity contribution in [2.45, 2.75) is 58.2 Å². The minimum absolute atomic E-state index is 0.0681. The number of carbonyl (C=O) groups is 1. The van der Waals surface area contributed by atoms with E-state index in [4.69, 9.17) is 4.74 Å². The maximum atomic E-state index is 12.4. The molecule has 1 heterocycles. The zero-order valence-electron chi connectivity index (χ0n) is 14.1. The van der Waals surface area contributed by atoms with E-state index in [9.17, 15) is 13.2 Å². The number of carbonyl (C=O) groups excluding carboxylic acids is 1. The van der Waals surface area contributed by atoms with Crippen molar-refractivity contribution in [3.8, 4) is 0 Å². The van der Waals surface area contributed by atoms with Gasteiger partial charge in [0.15, 0.2) is 0 Å². The number of sulfonamides is 1. The van der Waals surface area contributed by atoms with Crippen LogP contribution in [0.15, 0.2) is 11.6 Å². The molecule has 0 aromatic carbocycles. The van der Waals surface area contributed by atoms with Crippen molar-refractivity contribution < 1.29 is 17.9 Å². The molecule has 1 aliphatic carbocycles. The predicted octanol–water partition coefficient (Wildman–Crippen LogP) is 1.43. The number of morpholine rings is 1. The highest BCUT2D eigenvalue weighted by Gasteiger charge is 2.30. The predicted molar refractivity (Wildman–Crippen MR) is 89.5 cm³/mol. The molecule has 7 heteroatoms. The van der Waals surface area contributed by atoms with Crippen LogP contribution < -0.4 is 5.32 Å². The summed E-state index contributed by atoms with van der Waals surface area (Å²) in [5.41, 5.74) is 1.17. The summed E-state index contributed by atoms with van der Waals surface area (Å²) in [5, 5.41) is 2.70. The molecule has 0 aromatic heterocycles. The fourth-order valence-corrected chi connectivity index (χ4v) is 4.67. The first-order chi connectivity index (χ1) is 10.9. The van der Waals surface area contributed by atoms with Crippen LogP contribution in [0, 0.1) is 0 Å². The molecule has 2 rings (SSSR count). The minimum Gasteiger partial charge on any atom is -0.373 e. The highest BCUT2D eigenvalue weighted by molar-refractivity contribution is 7.89. The van der Waals surface area contributed by atoms with E-state index in [1.165, 1.54) is 16.3 Å². The van der Waals surface area contributed by atoms with Crippen molar-refractivity contribution >= 4 is 15.9 Å². The third-order valence-electron chi connectivity index (χ3n) is 4.27. The van der Waals surface area contributed by atoms with Gasteiger partial charge in [-0.3, -0.25) is 4.79 Å². The van der Waals surface area contributed by atoms with E-state index in [0.29, 0.717) is 13.1 Å². The molecule has 1 N–H and O–H groups in total. The van der Waals surface area contributed by atoms with Crippen molar-refractivity contribution in [3.63, 3.8) is 0 Å². The molecule has 0 aromatic rings. The molecule has 1 amide bonds. The van der Waals surface area contributed by atoms with Crippen LogP contribution in [0.1, 0.15) is 46.0 Å². The molecule has 0 bridgehead atoms. The molecule has 6 nitrogen and oxygen atoms in total. The zero-order chi connectivity index (χ0) is 16.9. The molecule has 0 unspecified atom stereocenters. The molecule has 0 spiro atoms. The summed E-state index contributed by atoms with van der Waals surface area (Å²) in [4.78, 5) is 11.9. The van der Waals surface area contributed by atoms with Crippen LogP contribution in [0.25, 0.3) is 0 Å². The smallest absolute Gasteiger partial charge is 0.243 e. The standard InChI is InChI=1S/C16H28N2O4S/c1-13-11-18(12-14(2)22-13)23(20,21)9-8-17-16(19)10-15-6-4-3-5-7-15/h10,13-14H,3-9,11-12H2,1-2H3,(H,17,19)/t13-,14+. The molecule has 2 atom stereocenters. The van der Waals surface area contributed by atoms with E-state index in [-0.39, 0.29) is 30.4 Å². The monoisotopic (exact) mass is 344 g/mol. The van der Waals surface area contributed by atoms with Crippen LogP contribution in [-0.2, 0) is 19.6 Å². The lowest BCUT2D eigenvalue weighted by molar-refractivity contribution is -0.116. The Kier molecular flexibility index (Phi) is 6.61. The Bertz CT molecular complexity index is 526. The van der Waals surface area contributed by atoms with E-state index in [1.807, 2.05) is 13.8 Å². The number of hydrogen-bond donors (Lipinski definition) is 1. The molecular weight excluding hydrogens is 316 g/mol. The number of hydrogen-bond acceptors (Lipinski definition) is 4. The van der Waals surface area contributed by atoms with Gasteiger partial charge in [0, 0.05) is 25.7 Å². The third kappa shape index (κ3) is 5.90.